The fourth-order valence-corrected chi connectivity index (χ4v) is 5.89. The molecule has 12 heteroatoms. The third-order valence-corrected chi connectivity index (χ3v) is 8.32. The van der Waals surface area contributed by atoms with E-state index in [2.05, 4.69) is 16.0 Å². The first-order valence-corrected chi connectivity index (χ1v) is 15.9. The summed E-state index contributed by atoms with van der Waals surface area (Å²) in [7, 11) is 1.52. The Hall–Kier alpha value is -5.49. The Bertz CT molecular complexity index is 1720. The van der Waals surface area contributed by atoms with Gasteiger partial charge in [-0.25, -0.2) is 18.4 Å². The van der Waals surface area contributed by atoms with Crippen molar-refractivity contribution in [2.75, 3.05) is 32.1 Å². The number of nitrogens with zero attached hydrogens (tertiary/aromatic N) is 1. The van der Waals surface area contributed by atoms with Gasteiger partial charge in [0.05, 0.1) is 13.2 Å². The Labute approximate surface area is 283 Å². The standard InChI is InChI=1S/C37H38F2N4O6/c1-48-31-9-5-8-30(21-31)40-36(46)41-34-22-43(35(45)33(15-17-44)42-37(47)49-23-24-6-3-2-4-7-24)16-14-32(34)26-12-10-25(11-13-26)27-18-28(38)20-29(39)19-27/h2-13,18-21,32-34,44H,14-17,22-23H2,1H3,(H,42,47)(H2,40,41,46)/t32-,33-,34+/m1/s1. The van der Waals surface area contributed by atoms with Crippen LogP contribution in [0.4, 0.5) is 24.1 Å². The highest BCUT2D eigenvalue weighted by molar-refractivity contribution is 5.90. The summed E-state index contributed by atoms with van der Waals surface area (Å²) in [5.74, 6) is -1.46. The van der Waals surface area contributed by atoms with Crippen LogP contribution in [0.1, 0.15) is 29.9 Å². The number of piperidine rings is 1. The first-order chi connectivity index (χ1) is 23.7. The van der Waals surface area contributed by atoms with Crippen LogP contribution in [-0.4, -0.2) is 66.9 Å². The molecule has 4 N–H and O–H groups in total. The Morgan fingerprint density at radius 1 is 0.918 bits per heavy atom. The van der Waals surface area contributed by atoms with Crippen LogP contribution in [0.2, 0.25) is 0 Å². The number of nitrogens with one attached hydrogen (secondary N) is 3. The lowest BCUT2D eigenvalue weighted by molar-refractivity contribution is -0.135. The molecule has 256 valence electrons. The molecule has 4 amide bonds. The number of anilines is 1. The van der Waals surface area contributed by atoms with E-state index in [-0.39, 0.29) is 32.1 Å². The minimum atomic E-state index is -1.05. The molecule has 5 rings (SSSR count). The van der Waals surface area contributed by atoms with Crippen molar-refractivity contribution in [2.24, 2.45) is 0 Å². The number of urea groups is 1. The number of methoxy groups -OCH3 is 1. The minimum Gasteiger partial charge on any atom is -0.497 e. The van der Waals surface area contributed by atoms with E-state index in [1.807, 2.05) is 30.3 Å². The van der Waals surface area contributed by atoms with Crippen molar-refractivity contribution < 1.29 is 37.7 Å². The third kappa shape index (κ3) is 9.54. The number of carbonyl (C=O) groups excluding carboxylic acids is 3. The summed E-state index contributed by atoms with van der Waals surface area (Å²) in [5, 5.41) is 18.1. The van der Waals surface area contributed by atoms with Crippen molar-refractivity contribution >= 4 is 23.7 Å². The lowest BCUT2D eigenvalue weighted by atomic mass is 9.84. The number of benzene rings is 4. The first kappa shape index (κ1) is 34.8. The van der Waals surface area contributed by atoms with E-state index >= 15 is 0 Å². The lowest BCUT2D eigenvalue weighted by Crippen LogP contribution is -2.57. The van der Waals surface area contributed by atoms with Crippen LogP contribution in [0.3, 0.4) is 0 Å². The lowest BCUT2D eigenvalue weighted by Gasteiger charge is -2.40. The molecule has 4 aromatic carbocycles. The second-order valence-corrected chi connectivity index (χ2v) is 11.7. The van der Waals surface area contributed by atoms with Gasteiger partial charge < -0.3 is 35.4 Å². The molecule has 1 heterocycles. The number of halogens is 2. The number of carbonyl (C=O) groups is 3. The Balaban J connectivity index is 1.32. The summed E-state index contributed by atoms with van der Waals surface area (Å²) < 4.78 is 38.3. The van der Waals surface area contributed by atoms with Crippen molar-refractivity contribution in [3.63, 3.8) is 0 Å². The average Bonchev–Trinajstić information content (AvgIpc) is 3.10. The quantitative estimate of drug-likeness (QED) is 0.159. The van der Waals surface area contributed by atoms with Crippen molar-refractivity contribution in [1.82, 2.24) is 15.5 Å². The van der Waals surface area contributed by atoms with Crippen molar-refractivity contribution in [3.8, 4) is 16.9 Å². The van der Waals surface area contributed by atoms with Crippen molar-refractivity contribution in [2.45, 2.75) is 37.5 Å². The van der Waals surface area contributed by atoms with Crippen LogP contribution < -0.4 is 20.7 Å². The van der Waals surface area contributed by atoms with E-state index in [1.54, 1.807) is 53.4 Å². The van der Waals surface area contributed by atoms with E-state index < -0.39 is 41.7 Å². The number of rotatable bonds is 11. The topological polar surface area (TPSA) is 129 Å². The summed E-state index contributed by atoms with van der Waals surface area (Å²) in [6.45, 7) is 0.0741. The van der Waals surface area contributed by atoms with Gasteiger partial charge in [-0.1, -0.05) is 60.7 Å². The maximum absolute atomic E-state index is 13.9. The van der Waals surface area contributed by atoms with E-state index in [0.717, 1.165) is 17.2 Å². The Morgan fingerprint density at radius 3 is 2.35 bits per heavy atom. The van der Waals surface area contributed by atoms with Crippen LogP contribution in [-0.2, 0) is 16.1 Å². The Kier molecular flexibility index (Phi) is 11.8. The van der Waals surface area contributed by atoms with Crippen LogP contribution in [0, 0.1) is 11.6 Å². The molecule has 0 aliphatic carbocycles. The van der Waals surface area contributed by atoms with Crippen LogP contribution in [0.5, 0.6) is 5.75 Å². The zero-order valence-corrected chi connectivity index (χ0v) is 26.9. The summed E-state index contributed by atoms with van der Waals surface area (Å²) in [6.07, 6.45) is -0.375. The van der Waals surface area contributed by atoms with Gasteiger partial charge in [0.2, 0.25) is 5.91 Å². The average molecular weight is 673 g/mol. The molecule has 0 aromatic heterocycles. The maximum atomic E-state index is 13.9. The summed E-state index contributed by atoms with van der Waals surface area (Å²) in [4.78, 5) is 41.2. The zero-order valence-electron chi connectivity index (χ0n) is 26.9. The summed E-state index contributed by atoms with van der Waals surface area (Å²) >= 11 is 0. The second-order valence-electron chi connectivity index (χ2n) is 11.7. The van der Waals surface area contributed by atoms with Gasteiger partial charge in [-0.3, -0.25) is 4.79 Å². The number of hydrogen-bond donors (Lipinski definition) is 4. The predicted octanol–water partition coefficient (Wildman–Crippen LogP) is 5.82. The monoisotopic (exact) mass is 672 g/mol. The number of ether oxygens (including phenoxy) is 2. The number of aliphatic hydroxyl groups is 1. The van der Waals surface area contributed by atoms with Gasteiger partial charge in [-0.2, -0.15) is 0 Å². The van der Waals surface area contributed by atoms with Gasteiger partial charge >= 0.3 is 12.1 Å². The highest BCUT2D eigenvalue weighted by atomic mass is 19.1. The molecule has 0 spiro atoms. The van der Waals surface area contributed by atoms with Crippen LogP contribution in [0.15, 0.2) is 97.1 Å². The number of hydrogen-bond acceptors (Lipinski definition) is 6. The smallest absolute Gasteiger partial charge is 0.408 e. The SMILES string of the molecule is COc1cccc(NC(=O)N[C@H]2CN(C(=O)[C@@H](CCO)NC(=O)OCc3ccccc3)CC[C@@H]2c2ccc(-c3cc(F)cc(F)c3)cc2)c1. The minimum absolute atomic E-state index is 0.0133. The molecule has 3 atom stereocenters. The van der Waals surface area contributed by atoms with Gasteiger partial charge in [0.1, 0.15) is 30.0 Å². The molecule has 49 heavy (non-hydrogen) atoms. The first-order valence-electron chi connectivity index (χ1n) is 15.9. The highest BCUT2D eigenvalue weighted by Gasteiger charge is 2.36. The van der Waals surface area contributed by atoms with Gasteiger partial charge in [0.25, 0.3) is 0 Å². The van der Waals surface area contributed by atoms with E-state index in [0.29, 0.717) is 35.5 Å². The van der Waals surface area contributed by atoms with Crippen molar-refractivity contribution in [1.29, 1.82) is 0 Å². The fraction of sp³-hybridized carbons (Fsp3) is 0.270. The molecule has 0 bridgehead atoms. The Morgan fingerprint density at radius 2 is 1.65 bits per heavy atom. The number of alkyl carbamates (subject to hydrolysis) is 1. The molecule has 0 unspecified atom stereocenters. The molecular weight excluding hydrogens is 634 g/mol. The van der Waals surface area contributed by atoms with E-state index in [4.69, 9.17) is 9.47 Å². The zero-order chi connectivity index (χ0) is 34.8. The van der Waals surface area contributed by atoms with Crippen LogP contribution >= 0.6 is 0 Å². The molecule has 0 radical (unpaired) electrons. The molecule has 10 nitrogen and oxygen atoms in total. The maximum Gasteiger partial charge on any atom is 0.408 e. The van der Waals surface area contributed by atoms with Gasteiger partial charge in [-0.05, 0) is 59.4 Å². The largest absolute Gasteiger partial charge is 0.497 e. The third-order valence-electron chi connectivity index (χ3n) is 8.32. The van der Waals surface area contributed by atoms with E-state index in [1.165, 1.54) is 19.2 Å². The van der Waals surface area contributed by atoms with Crippen LogP contribution in [0.25, 0.3) is 11.1 Å². The molecule has 1 saturated heterocycles. The highest BCUT2D eigenvalue weighted by Crippen LogP contribution is 2.31. The molecule has 4 aromatic rings. The molecular formula is C37H38F2N4O6. The molecule has 0 saturated carbocycles. The summed E-state index contributed by atoms with van der Waals surface area (Å²) in [5.41, 5.74) is 3.15. The number of likely N-dealkylation sites (tertiary alicyclic amines) is 1. The van der Waals surface area contributed by atoms with Gasteiger partial charge in [0.15, 0.2) is 0 Å². The number of aliphatic hydroxyl groups excluding tert-OH is 1. The predicted molar refractivity (Wildman–Crippen MR) is 180 cm³/mol. The molecule has 1 aliphatic heterocycles. The summed E-state index contributed by atoms with van der Waals surface area (Å²) in [6, 6.07) is 24.4. The number of amides is 4. The fourth-order valence-electron chi connectivity index (χ4n) is 5.89. The van der Waals surface area contributed by atoms with Gasteiger partial charge in [-0.15, -0.1) is 0 Å². The van der Waals surface area contributed by atoms with E-state index in [9.17, 15) is 28.3 Å². The molecule has 1 fully saturated rings. The normalized spacial score (nSPS) is 16.3. The van der Waals surface area contributed by atoms with Gasteiger partial charge in [0, 0.05) is 43.4 Å². The van der Waals surface area contributed by atoms with Crippen molar-refractivity contribution in [3.05, 3.63) is 120 Å². The molecule has 1 aliphatic rings. The second kappa shape index (κ2) is 16.6.